The van der Waals surface area contributed by atoms with Gasteiger partial charge < -0.3 is 4.90 Å². The van der Waals surface area contributed by atoms with E-state index in [1.54, 1.807) is 9.58 Å². The zero-order chi connectivity index (χ0) is 14.7. The summed E-state index contributed by atoms with van der Waals surface area (Å²) in [6.45, 7) is 5.76. The molecule has 0 saturated heterocycles. The summed E-state index contributed by atoms with van der Waals surface area (Å²) in [4.78, 5) is 26.1. The molecule has 20 heavy (non-hydrogen) atoms. The molecule has 5 nitrogen and oxygen atoms in total. The molecule has 2 rings (SSSR count). The van der Waals surface area contributed by atoms with Gasteiger partial charge in [0.1, 0.15) is 0 Å². The van der Waals surface area contributed by atoms with Crippen LogP contribution in [0.3, 0.4) is 0 Å². The number of para-hydroxylation sites is 1. The van der Waals surface area contributed by atoms with Crippen LogP contribution in [0, 0.1) is 0 Å². The fourth-order valence-corrected chi connectivity index (χ4v) is 2.53. The van der Waals surface area contributed by atoms with Crippen molar-refractivity contribution in [3.05, 3.63) is 34.6 Å². The molecule has 1 heterocycles. The molecule has 0 unspecified atom stereocenters. The Morgan fingerprint density at radius 3 is 2.45 bits per heavy atom. The summed E-state index contributed by atoms with van der Waals surface area (Å²) >= 11 is 0. The topological polar surface area (TPSA) is 47.2 Å². The van der Waals surface area contributed by atoms with Crippen LogP contribution in [0.4, 0.5) is 0 Å². The first kappa shape index (κ1) is 14.4. The zero-order valence-corrected chi connectivity index (χ0v) is 12.3. The molecule has 0 aliphatic carbocycles. The molecule has 108 valence electrons. The average molecular weight is 275 g/mol. The lowest BCUT2D eigenvalue weighted by molar-refractivity contribution is -0.131. The summed E-state index contributed by atoms with van der Waals surface area (Å²) < 4.78 is 3.46. The normalized spacial score (nSPS) is 10.9. The fraction of sp³-hybridized carbons (Fsp3) is 0.467. The Morgan fingerprint density at radius 2 is 1.85 bits per heavy atom. The lowest BCUT2D eigenvalue weighted by Gasteiger charge is -2.18. The maximum absolute atomic E-state index is 12.3. The summed E-state index contributed by atoms with van der Waals surface area (Å²) in [5, 5.41) is 0.699. The van der Waals surface area contributed by atoms with Gasteiger partial charge in [0, 0.05) is 26.6 Å². The van der Waals surface area contributed by atoms with E-state index in [0.717, 1.165) is 5.52 Å². The number of amides is 1. The van der Waals surface area contributed by atoms with Gasteiger partial charge in [-0.1, -0.05) is 12.1 Å². The quantitative estimate of drug-likeness (QED) is 0.832. The Labute approximate surface area is 118 Å². The molecule has 1 amide bonds. The van der Waals surface area contributed by atoms with Crippen LogP contribution in [0.25, 0.3) is 10.9 Å². The van der Waals surface area contributed by atoms with Crippen LogP contribution in [-0.2, 0) is 18.4 Å². The third-order valence-electron chi connectivity index (χ3n) is 3.73. The van der Waals surface area contributed by atoms with Crippen molar-refractivity contribution in [1.29, 1.82) is 0 Å². The van der Waals surface area contributed by atoms with Gasteiger partial charge in [-0.3, -0.25) is 14.3 Å². The van der Waals surface area contributed by atoms with Gasteiger partial charge in [-0.15, -0.1) is 0 Å². The molecule has 0 bridgehead atoms. The number of aromatic nitrogens is 2. The molecule has 0 fully saturated rings. The molecule has 0 aliphatic heterocycles. The van der Waals surface area contributed by atoms with E-state index >= 15 is 0 Å². The highest BCUT2D eigenvalue weighted by Gasteiger charge is 2.13. The van der Waals surface area contributed by atoms with Gasteiger partial charge in [0.25, 0.3) is 5.56 Å². The van der Waals surface area contributed by atoms with Crippen molar-refractivity contribution in [2.75, 3.05) is 13.1 Å². The molecular weight excluding hydrogens is 254 g/mol. The van der Waals surface area contributed by atoms with Crippen LogP contribution >= 0.6 is 0 Å². The highest BCUT2D eigenvalue weighted by atomic mass is 16.2. The van der Waals surface area contributed by atoms with Gasteiger partial charge in [0.15, 0.2) is 0 Å². The van der Waals surface area contributed by atoms with Crippen LogP contribution in [0.2, 0.25) is 0 Å². The average Bonchev–Trinajstić information content (AvgIpc) is 2.71. The standard InChI is InChI=1S/C15H21N3O2/c1-4-17(5-2)14(19)10-11-18-15(20)12-8-6-7-9-13(12)16(18)3/h6-9H,4-5,10-11H2,1-3H3. The minimum absolute atomic E-state index is 0.0320. The van der Waals surface area contributed by atoms with Crippen molar-refractivity contribution >= 4 is 16.8 Å². The second-order valence-electron chi connectivity index (χ2n) is 4.79. The molecule has 1 aromatic heterocycles. The van der Waals surface area contributed by atoms with E-state index in [-0.39, 0.29) is 11.5 Å². The molecule has 0 atom stereocenters. The van der Waals surface area contributed by atoms with Crippen molar-refractivity contribution in [3.63, 3.8) is 0 Å². The maximum atomic E-state index is 12.3. The van der Waals surface area contributed by atoms with E-state index in [9.17, 15) is 9.59 Å². The first-order valence-electron chi connectivity index (χ1n) is 7.02. The monoisotopic (exact) mass is 275 g/mol. The van der Waals surface area contributed by atoms with Crippen molar-refractivity contribution in [2.24, 2.45) is 7.05 Å². The summed E-state index contributed by atoms with van der Waals surface area (Å²) in [6.07, 6.45) is 0.353. The molecule has 2 aromatic rings. The highest BCUT2D eigenvalue weighted by molar-refractivity contribution is 5.78. The van der Waals surface area contributed by atoms with E-state index in [4.69, 9.17) is 0 Å². The lowest BCUT2D eigenvalue weighted by Crippen LogP contribution is -2.32. The fourth-order valence-electron chi connectivity index (χ4n) is 2.53. The summed E-state index contributed by atoms with van der Waals surface area (Å²) in [7, 11) is 1.85. The van der Waals surface area contributed by atoms with Gasteiger partial charge in [-0.2, -0.15) is 0 Å². The first-order chi connectivity index (χ1) is 9.60. The minimum atomic E-state index is -0.0320. The third-order valence-corrected chi connectivity index (χ3v) is 3.73. The van der Waals surface area contributed by atoms with E-state index in [1.807, 2.05) is 49.8 Å². The van der Waals surface area contributed by atoms with Crippen molar-refractivity contribution < 1.29 is 4.79 Å². The van der Waals surface area contributed by atoms with Gasteiger partial charge in [-0.25, -0.2) is 4.68 Å². The van der Waals surface area contributed by atoms with E-state index in [0.29, 0.717) is 31.4 Å². The molecule has 0 saturated carbocycles. The number of hydrogen-bond acceptors (Lipinski definition) is 2. The van der Waals surface area contributed by atoms with Gasteiger partial charge >= 0.3 is 0 Å². The Hall–Kier alpha value is -2.04. The molecule has 5 heteroatoms. The predicted molar refractivity (Wildman–Crippen MR) is 79.7 cm³/mol. The zero-order valence-electron chi connectivity index (χ0n) is 12.3. The van der Waals surface area contributed by atoms with Crippen LogP contribution in [-0.4, -0.2) is 33.3 Å². The van der Waals surface area contributed by atoms with Crippen LogP contribution in [0.15, 0.2) is 29.1 Å². The maximum Gasteiger partial charge on any atom is 0.274 e. The highest BCUT2D eigenvalue weighted by Crippen LogP contribution is 2.09. The largest absolute Gasteiger partial charge is 0.343 e. The number of fused-ring (bicyclic) bond motifs is 1. The Balaban J connectivity index is 2.23. The Morgan fingerprint density at radius 1 is 1.20 bits per heavy atom. The number of hydrogen-bond donors (Lipinski definition) is 0. The van der Waals surface area contributed by atoms with Crippen molar-refractivity contribution in [3.8, 4) is 0 Å². The molecule has 1 aromatic carbocycles. The van der Waals surface area contributed by atoms with Gasteiger partial charge in [0.2, 0.25) is 5.91 Å². The third kappa shape index (κ3) is 2.48. The van der Waals surface area contributed by atoms with E-state index in [1.165, 1.54) is 0 Å². The lowest BCUT2D eigenvalue weighted by atomic mass is 10.2. The first-order valence-corrected chi connectivity index (χ1v) is 7.02. The number of nitrogens with zero attached hydrogens (tertiary/aromatic N) is 3. The van der Waals surface area contributed by atoms with E-state index < -0.39 is 0 Å². The minimum Gasteiger partial charge on any atom is -0.343 e. The number of carbonyl (C=O) groups excluding carboxylic acids is 1. The molecule has 0 spiro atoms. The van der Waals surface area contributed by atoms with Crippen LogP contribution in [0.1, 0.15) is 20.3 Å². The molecule has 0 N–H and O–H groups in total. The summed E-state index contributed by atoms with van der Waals surface area (Å²) in [5.41, 5.74) is 0.864. The number of aryl methyl sites for hydroxylation is 1. The van der Waals surface area contributed by atoms with Crippen LogP contribution in [0.5, 0.6) is 0 Å². The molecule has 0 radical (unpaired) electrons. The molecular formula is C15H21N3O2. The van der Waals surface area contributed by atoms with Crippen molar-refractivity contribution in [2.45, 2.75) is 26.8 Å². The summed E-state index contributed by atoms with van der Waals surface area (Å²) in [5.74, 6) is 0.0900. The predicted octanol–water partition coefficient (Wildman–Crippen LogP) is 1.60. The number of benzene rings is 1. The van der Waals surface area contributed by atoms with Gasteiger partial charge in [-0.05, 0) is 26.0 Å². The smallest absolute Gasteiger partial charge is 0.274 e. The number of carbonyl (C=O) groups is 1. The Kier molecular flexibility index (Phi) is 4.27. The van der Waals surface area contributed by atoms with Crippen LogP contribution < -0.4 is 5.56 Å². The van der Waals surface area contributed by atoms with Crippen molar-refractivity contribution in [1.82, 2.24) is 14.3 Å². The summed E-state index contributed by atoms with van der Waals surface area (Å²) in [6, 6.07) is 7.50. The van der Waals surface area contributed by atoms with Gasteiger partial charge in [0.05, 0.1) is 17.4 Å². The SMILES string of the molecule is CCN(CC)C(=O)CCn1c(=O)c2ccccc2n1C. The van der Waals surface area contributed by atoms with E-state index in [2.05, 4.69) is 0 Å². The molecule has 0 aliphatic rings. The number of rotatable bonds is 5. The second kappa shape index (κ2) is 5.94. The second-order valence-corrected chi connectivity index (χ2v) is 4.79. The Bertz CT molecular complexity index is 665.